The molecule has 0 spiro atoms. The Morgan fingerprint density at radius 1 is 1.04 bits per heavy atom. The van der Waals surface area contributed by atoms with Crippen LogP contribution < -0.4 is 0 Å². The van der Waals surface area contributed by atoms with Crippen LogP contribution in [-0.4, -0.2) is 46.4 Å². The molecule has 1 unspecified atom stereocenters. The van der Waals surface area contributed by atoms with Crippen LogP contribution in [0.4, 0.5) is 0 Å². The van der Waals surface area contributed by atoms with Crippen molar-refractivity contribution in [1.82, 2.24) is 9.80 Å². The second-order valence-electron chi connectivity index (χ2n) is 7.02. The van der Waals surface area contributed by atoms with E-state index in [1.807, 2.05) is 41.3 Å². The molecule has 2 heterocycles. The molecule has 2 amide bonds. The zero-order valence-corrected chi connectivity index (χ0v) is 16.5. The lowest BCUT2D eigenvalue weighted by Gasteiger charge is -2.35. The van der Waals surface area contributed by atoms with Gasteiger partial charge in [-0.05, 0) is 31.0 Å². The number of benzene rings is 2. The number of fused-ring (bicyclic) bond motifs is 1. The number of halogens is 1. The highest BCUT2D eigenvalue weighted by Crippen LogP contribution is 2.42. The molecule has 2 aromatic rings. The van der Waals surface area contributed by atoms with Gasteiger partial charge in [-0.3, -0.25) is 9.59 Å². The molecular formula is C21H21BrN2O3. The predicted octanol–water partition coefficient (Wildman–Crippen LogP) is 3.11. The zero-order valence-electron chi connectivity index (χ0n) is 14.9. The Hall–Kier alpha value is -2.18. The van der Waals surface area contributed by atoms with Crippen molar-refractivity contribution in [2.45, 2.75) is 25.0 Å². The van der Waals surface area contributed by atoms with E-state index < -0.39 is 5.72 Å². The number of amides is 2. The Balaban J connectivity index is 1.63. The molecule has 27 heavy (non-hydrogen) atoms. The van der Waals surface area contributed by atoms with E-state index in [0.29, 0.717) is 42.6 Å². The van der Waals surface area contributed by atoms with Gasteiger partial charge in [0.05, 0.1) is 0 Å². The number of hydrogen-bond donors (Lipinski definition) is 1. The first-order valence-corrected chi connectivity index (χ1v) is 9.99. The van der Waals surface area contributed by atoms with Crippen molar-refractivity contribution in [1.29, 1.82) is 0 Å². The van der Waals surface area contributed by atoms with Crippen molar-refractivity contribution in [2.75, 3.05) is 19.6 Å². The normalized spacial score (nSPS) is 21.9. The van der Waals surface area contributed by atoms with E-state index in [1.165, 1.54) is 4.90 Å². The number of carbonyl (C=O) groups is 2. The van der Waals surface area contributed by atoms with Crippen LogP contribution in [0.25, 0.3) is 0 Å². The van der Waals surface area contributed by atoms with Gasteiger partial charge in [-0.1, -0.05) is 46.3 Å². The van der Waals surface area contributed by atoms with E-state index in [-0.39, 0.29) is 11.8 Å². The predicted molar refractivity (Wildman–Crippen MR) is 105 cm³/mol. The van der Waals surface area contributed by atoms with Crippen molar-refractivity contribution in [3.8, 4) is 0 Å². The molecule has 5 nitrogen and oxygen atoms in total. The molecule has 1 N–H and O–H groups in total. The van der Waals surface area contributed by atoms with Crippen LogP contribution in [0, 0.1) is 0 Å². The summed E-state index contributed by atoms with van der Waals surface area (Å²) in [4.78, 5) is 28.2. The molecule has 1 fully saturated rings. The third kappa shape index (κ3) is 3.07. The maximum Gasteiger partial charge on any atom is 0.257 e. The maximum atomic E-state index is 13.0. The van der Waals surface area contributed by atoms with Gasteiger partial charge in [-0.15, -0.1) is 0 Å². The first kappa shape index (κ1) is 18.2. The largest absolute Gasteiger partial charge is 0.363 e. The number of rotatable bonds is 5. The topological polar surface area (TPSA) is 60.9 Å². The van der Waals surface area contributed by atoms with Crippen molar-refractivity contribution in [2.24, 2.45) is 0 Å². The van der Waals surface area contributed by atoms with E-state index in [0.717, 1.165) is 17.4 Å². The summed E-state index contributed by atoms with van der Waals surface area (Å²) in [5, 5.41) is 11.7. The number of likely N-dealkylation sites (tertiary alicyclic amines) is 1. The maximum absolute atomic E-state index is 13.0. The average molecular weight is 429 g/mol. The minimum Gasteiger partial charge on any atom is -0.363 e. The minimum atomic E-state index is -1.50. The summed E-state index contributed by atoms with van der Waals surface area (Å²) in [6.45, 7) is 1.77. The Kier molecular flexibility index (Phi) is 4.78. The minimum absolute atomic E-state index is 0.175. The fourth-order valence-corrected chi connectivity index (χ4v) is 4.29. The van der Waals surface area contributed by atoms with Gasteiger partial charge in [0.15, 0.2) is 5.72 Å². The third-order valence-corrected chi connectivity index (χ3v) is 5.93. The first-order valence-electron chi connectivity index (χ1n) is 9.19. The average Bonchev–Trinajstić information content (AvgIpc) is 3.18. The molecule has 4 rings (SSSR count). The van der Waals surface area contributed by atoms with Gasteiger partial charge in [0, 0.05) is 47.2 Å². The lowest BCUT2D eigenvalue weighted by Crippen LogP contribution is -2.46. The molecule has 0 aromatic heterocycles. The van der Waals surface area contributed by atoms with Crippen LogP contribution in [0.1, 0.15) is 40.7 Å². The molecule has 6 heteroatoms. The Morgan fingerprint density at radius 3 is 2.48 bits per heavy atom. The van der Waals surface area contributed by atoms with E-state index in [9.17, 15) is 14.7 Å². The van der Waals surface area contributed by atoms with Gasteiger partial charge < -0.3 is 14.9 Å². The summed E-state index contributed by atoms with van der Waals surface area (Å²) in [5.74, 6) is -0.00188. The van der Waals surface area contributed by atoms with Crippen LogP contribution in [-0.2, 0) is 10.5 Å². The molecular weight excluding hydrogens is 408 g/mol. The molecule has 1 saturated heterocycles. The Bertz CT molecular complexity index is 883. The number of aliphatic hydroxyl groups is 1. The van der Waals surface area contributed by atoms with Crippen molar-refractivity contribution in [3.63, 3.8) is 0 Å². The second-order valence-corrected chi connectivity index (χ2v) is 7.94. The highest BCUT2D eigenvalue weighted by atomic mass is 79.9. The van der Waals surface area contributed by atoms with Crippen molar-refractivity contribution in [3.05, 3.63) is 69.7 Å². The van der Waals surface area contributed by atoms with Gasteiger partial charge in [0.1, 0.15) is 0 Å². The van der Waals surface area contributed by atoms with Gasteiger partial charge in [-0.2, -0.15) is 0 Å². The van der Waals surface area contributed by atoms with Crippen LogP contribution in [0.2, 0.25) is 0 Å². The molecule has 1 atom stereocenters. The molecule has 2 aromatic carbocycles. The van der Waals surface area contributed by atoms with E-state index in [2.05, 4.69) is 15.9 Å². The number of hydrogen-bond acceptors (Lipinski definition) is 3. The SMILES string of the molecule is O=C1CCCN1CCCN1C(=O)c2ccccc2C1(O)c1ccc(Br)cc1. The Labute approximate surface area is 166 Å². The molecule has 140 valence electrons. The lowest BCUT2D eigenvalue weighted by atomic mass is 9.94. The zero-order chi connectivity index (χ0) is 19.0. The summed E-state index contributed by atoms with van der Waals surface area (Å²) in [7, 11) is 0. The van der Waals surface area contributed by atoms with Gasteiger partial charge >= 0.3 is 0 Å². The fraction of sp³-hybridized carbons (Fsp3) is 0.333. The van der Waals surface area contributed by atoms with Crippen LogP contribution >= 0.6 is 15.9 Å². The van der Waals surface area contributed by atoms with Gasteiger partial charge in [0.25, 0.3) is 5.91 Å². The van der Waals surface area contributed by atoms with Crippen LogP contribution in [0.15, 0.2) is 53.0 Å². The summed E-state index contributed by atoms with van der Waals surface area (Å²) in [6, 6.07) is 14.6. The summed E-state index contributed by atoms with van der Waals surface area (Å²) in [6.07, 6.45) is 2.14. The first-order chi connectivity index (χ1) is 13.0. The Morgan fingerprint density at radius 2 is 1.78 bits per heavy atom. The molecule has 2 aliphatic heterocycles. The number of carbonyl (C=O) groups excluding carboxylic acids is 2. The summed E-state index contributed by atoms with van der Waals surface area (Å²) in [5.41, 5.74) is 0.291. The molecule has 0 aliphatic carbocycles. The second kappa shape index (κ2) is 7.09. The van der Waals surface area contributed by atoms with Crippen molar-refractivity contribution >= 4 is 27.7 Å². The lowest BCUT2D eigenvalue weighted by molar-refractivity contribution is -0.127. The van der Waals surface area contributed by atoms with Crippen LogP contribution in [0.5, 0.6) is 0 Å². The fourth-order valence-electron chi connectivity index (χ4n) is 4.03. The van der Waals surface area contributed by atoms with E-state index >= 15 is 0 Å². The molecule has 0 saturated carbocycles. The highest BCUT2D eigenvalue weighted by molar-refractivity contribution is 9.10. The number of nitrogens with zero attached hydrogens (tertiary/aromatic N) is 2. The summed E-state index contributed by atoms with van der Waals surface area (Å²) >= 11 is 3.42. The van der Waals surface area contributed by atoms with Crippen LogP contribution in [0.3, 0.4) is 0 Å². The van der Waals surface area contributed by atoms with E-state index in [4.69, 9.17) is 0 Å². The van der Waals surface area contributed by atoms with E-state index in [1.54, 1.807) is 12.1 Å². The van der Waals surface area contributed by atoms with Crippen molar-refractivity contribution < 1.29 is 14.7 Å². The molecule has 0 bridgehead atoms. The highest BCUT2D eigenvalue weighted by Gasteiger charge is 2.49. The quantitative estimate of drug-likeness (QED) is 0.795. The smallest absolute Gasteiger partial charge is 0.257 e. The van der Waals surface area contributed by atoms with Gasteiger partial charge in [-0.25, -0.2) is 0 Å². The summed E-state index contributed by atoms with van der Waals surface area (Å²) < 4.78 is 0.909. The van der Waals surface area contributed by atoms with Gasteiger partial charge in [0.2, 0.25) is 5.91 Å². The third-order valence-electron chi connectivity index (χ3n) is 5.40. The standard InChI is InChI=1S/C21H21BrN2O3/c22-16-10-8-15(9-11-16)21(27)18-6-2-1-5-17(18)20(26)24(21)14-4-13-23-12-3-7-19(23)25/h1-2,5-6,8-11,27H,3-4,7,12-14H2. The monoisotopic (exact) mass is 428 g/mol. The molecule has 2 aliphatic rings. The molecule has 0 radical (unpaired) electrons.